The van der Waals surface area contributed by atoms with Crippen LogP contribution in [0.25, 0.3) is 0 Å². The number of alkyl halides is 1. The summed E-state index contributed by atoms with van der Waals surface area (Å²) in [4.78, 5) is 59.9. The molecular formula is C97H127BrCl4N4O24P6. The summed E-state index contributed by atoms with van der Waals surface area (Å²) in [5.41, 5.74) is 9.44. The molecule has 0 aliphatic rings. The minimum absolute atomic E-state index is 0.0780. The van der Waals surface area contributed by atoms with E-state index in [2.05, 4.69) is 27.9 Å². The van der Waals surface area contributed by atoms with E-state index in [1.807, 2.05) is 124 Å². The molecule has 744 valence electrons. The topological polar surface area (TPSA) is 396 Å². The van der Waals surface area contributed by atoms with Crippen molar-refractivity contribution in [3.63, 3.8) is 0 Å². The molecule has 0 amide bonds. The van der Waals surface area contributed by atoms with Crippen LogP contribution in [0.15, 0.2) is 285 Å². The molecule has 28 nitrogen and oxygen atoms in total. The number of phenolic OH excluding ortho intramolecular Hbond substituents is 4. The maximum Gasteiger partial charge on any atom is 0.333 e. The molecule has 10 unspecified atom stereocenters. The highest BCUT2D eigenvalue weighted by atomic mass is 79.9. The van der Waals surface area contributed by atoms with Crippen molar-refractivity contribution in [1.82, 2.24) is 14.4 Å². The lowest BCUT2D eigenvalue weighted by Gasteiger charge is -2.31. The van der Waals surface area contributed by atoms with Crippen molar-refractivity contribution >= 4 is 133 Å². The number of likely N-dealkylation sites (N-methyl/N-ethyl adjacent to an activating group) is 2. The number of carbonyl (C=O) groups is 5. The number of aromatic hydroxyl groups is 4. The Morgan fingerprint density at radius 2 is 0.684 bits per heavy atom. The summed E-state index contributed by atoms with van der Waals surface area (Å²) in [6.07, 6.45) is 6.18. The smallest absolute Gasteiger partial charge is 0.333 e. The molecule has 10 rings (SSSR count). The molecule has 0 fully saturated rings. The molecule has 0 saturated heterocycles. The summed E-state index contributed by atoms with van der Waals surface area (Å²) in [7, 11) is -6.43. The van der Waals surface area contributed by atoms with Crippen LogP contribution in [0.2, 0.25) is 0 Å². The second kappa shape index (κ2) is 66.4. The van der Waals surface area contributed by atoms with E-state index < -0.39 is 77.8 Å². The first kappa shape index (κ1) is 123. The molecule has 0 heterocycles. The van der Waals surface area contributed by atoms with Gasteiger partial charge in [0.25, 0.3) is 0 Å². The minimum atomic E-state index is -3.35. The van der Waals surface area contributed by atoms with Crippen molar-refractivity contribution in [2.45, 2.75) is 116 Å². The third-order valence-corrected chi connectivity index (χ3v) is 25.0. The highest BCUT2D eigenvalue weighted by Crippen LogP contribution is 2.55. The quantitative estimate of drug-likeness (QED) is 0.00692. The van der Waals surface area contributed by atoms with Crippen LogP contribution >= 0.6 is 103 Å². The van der Waals surface area contributed by atoms with E-state index in [1.165, 1.54) is 80.6 Å². The Morgan fingerprint density at radius 1 is 0.375 bits per heavy atom. The number of hydrogen-bond donors (Lipinski definition) is 6. The predicted octanol–water partition coefficient (Wildman–Crippen LogP) is 25.8. The molecule has 7 N–H and O–H groups in total. The molecular weight excluding hydrogens is 2010 g/mol. The molecule has 136 heavy (non-hydrogen) atoms. The Balaban J connectivity index is 0.000000534. The zero-order chi connectivity index (χ0) is 102. The average Bonchev–Trinajstić information content (AvgIpc) is 0.791. The maximum absolute atomic E-state index is 13.1. The Labute approximate surface area is 827 Å². The van der Waals surface area contributed by atoms with Crippen LogP contribution in [0.5, 0.6) is 46.0 Å². The van der Waals surface area contributed by atoms with E-state index in [9.17, 15) is 61.6 Å². The molecule has 0 radical (unpaired) electrons. The van der Waals surface area contributed by atoms with Gasteiger partial charge in [0.2, 0.25) is 12.5 Å². The summed E-state index contributed by atoms with van der Waals surface area (Å²) in [5, 5.41) is 39.4. The molecule has 10 aromatic carbocycles. The van der Waals surface area contributed by atoms with Gasteiger partial charge < -0.3 is 62.2 Å². The number of esters is 5. The Bertz CT molecular complexity index is 5270. The summed E-state index contributed by atoms with van der Waals surface area (Å²) in [6.45, 7) is 15.3. The van der Waals surface area contributed by atoms with Crippen molar-refractivity contribution < 1.29 is 114 Å². The SMILES string of the molecule is CCCCOC(=O)C(Br)Cc1ccccc1.CCCCOC(=O)C(Cc1ccccc1)NP(C)(=O)Oc1ccccc1.CCOC(=O)C(CC)Cc1ccc(O)cc1.CCOC(=O)C(c1ccc(O)cc1)N(C)P(C)(=O)Cl.CCOC(=O)C(c1ccc(O)cc1)N(C)P(C)(=O)Oc1ccccc1.CP(=O)(Cl)Cl.CP(=O)(Cl)Oc1ccccc1.CP(N)(=O)Oc1ccccc1.Oc1ccccc1. The number of nitrogens with one attached hydrogen (secondary N) is 1. The number of benzene rings is 10. The van der Waals surface area contributed by atoms with E-state index in [0.717, 1.165) is 48.8 Å². The van der Waals surface area contributed by atoms with Gasteiger partial charge in [0.05, 0.1) is 39.0 Å². The fraction of sp³-hybridized carbons (Fsp3) is 0.330. The van der Waals surface area contributed by atoms with Crippen LogP contribution in [0.1, 0.15) is 114 Å². The van der Waals surface area contributed by atoms with E-state index in [1.54, 1.807) is 179 Å². The minimum Gasteiger partial charge on any atom is -0.508 e. The number of hydrogen-bond acceptors (Lipinski definition) is 24. The Morgan fingerprint density at radius 3 is 1.02 bits per heavy atom. The second-order valence-corrected chi connectivity index (χ2v) is 50.8. The van der Waals surface area contributed by atoms with Gasteiger partial charge in [0, 0.05) is 40.0 Å². The molecule has 39 heteroatoms. The zero-order valence-corrected chi connectivity index (χ0v) is 88.7. The predicted molar refractivity (Wildman–Crippen MR) is 550 cm³/mol. The number of para-hydroxylation sites is 5. The summed E-state index contributed by atoms with van der Waals surface area (Å²) < 4.78 is 119. The summed E-state index contributed by atoms with van der Waals surface area (Å²) >= 11 is 24.3. The van der Waals surface area contributed by atoms with Gasteiger partial charge >= 0.3 is 59.1 Å². The Hall–Kier alpha value is -9.19. The number of carbonyl (C=O) groups excluding carboxylic acids is 5. The van der Waals surface area contributed by atoms with Crippen molar-refractivity contribution in [3.8, 4) is 46.0 Å². The van der Waals surface area contributed by atoms with Gasteiger partial charge in [-0.3, -0.25) is 41.8 Å². The van der Waals surface area contributed by atoms with E-state index in [0.29, 0.717) is 79.0 Å². The molecule has 0 aliphatic heterocycles. The van der Waals surface area contributed by atoms with Crippen LogP contribution in [0.4, 0.5) is 0 Å². The fourth-order valence-electron chi connectivity index (χ4n) is 11.0. The Kier molecular flexibility index (Phi) is 60.0. The second-order valence-electron chi connectivity index (χ2n) is 29.7. The normalized spacial score (nSPS) is 13.8. The zero-order valence-electron chi connectivity index (χ0n) is 78.7. The third-order valence-electron chi connectivity index (χ3n) is 17.6. The number of nitrogens with two attached hydrogens (primary N) is 1. The molecule has 0 saturated carbocycles. The molecule has 10 atom stereocenters. The van der Waals surface area contributed by atoms with E-state index in [4.69, 9.17) is 102 Å². The van der Waals surface area contributed by atoms with Crippen molar-refractivity contribution in [2.24, 2.45) is 11.4 Å². The number of unbranched alkanes of at least 4 members (excludes halogenated alkanes) is 2. The third kappa shape index (κ3) is 57.2. The number of rotatable bonds is 37. The van der Waals surface area contributed by atoms with Gasteiger partial charge in [-0.2, -0.15) is 0 Å². The maximum atomic E-state index is 13.1. The van der Waals surface area contributed by atoms with E-state index >= 15 is 0 Å². The number of nitrogens with zero attached hydrogens (tertiary/aromatic N) is 2. The lowest BCUT2D eigenvalue weighted by Crippen LogP contribution is -2.39. The lowest BCUT2D eigenvalue weighted by molar-refractivity contribution is -0.148. The molecule has 0 spiro atoms. The van der Waals surface area contributed by atoms with Crippen LogP contribution in [-0.2, 0) is 94.3 Å². The van der Waals surface area contributed by atoms with Crippen LogP contribution in [-0.4, -0.2) is 158 Å². The van der Waals surface area contributed by atoms with Gasteiger partial charge in [-0.25, -0.2) is 29.5 Å². The molecule has 0 aromatic heterocycles. The standard InChI is InChI=1S/C20H26NO4P.C18H22NO5P.C13H17BrO2.C13H18O3.C12H17ClNO4P.C7H8ClO2P.C7H10NO2P.C6H6O.CH3Cl2OP/c1-3-4-15-24-20(22)19(16-17-11-7-5-8-12-17)21-26(2,23)25-18-13-9-6-10-14-18;1-4-23-18(21)17(14-10-12-15(20)13-11-14)19(2)25(3,22)24-16-8-6-5-7-9-16;1-2-3-9-16-13(15)12(14)10-11-7-5-4-6-8-11;1-3-11(13(15)16-4-2)9-10-5-7-12(14)8-6-10;1-4-18-12(16)11(14(2)19(3,13)17)9-5-7-10(15)8-6-9;2*1-11(8,9)10-7-5-3-2-4-6-7;7-6-4-2-1-3-5-6;1-5(2,3)4/h5-14,19H,3-4,15-16H2,1-2H3,(H,21,23);5-13,17,20H,4H2,1-3H3;4-8,12H,2-3,9-10H2,1H3;5-8,11,14H,3-4,9H2,1-2H3;5-8,11,15H,4H2,1-3H3;2-6H,1H3;2-6H,1H3,(H2,8,9);1-5,7H;1H3. The van der Waals surface area contributed by atoms with Crippen molar-refractivity contribution in [2.75, 3.05) is 87.1 Å². The van der Waals surface area contributed by atoms with Gasteiger partial charge in [0.1, 0.15) is 68.9 Å². The average molecular weight is 2140 g/mol. The van der Waals surface area contributed by atoms with Crippen LogP contribution < -0.4 is 28.7 Å². The number of halogens is 5. The first-order chi connectivity index (χ1) is 64.1. The first-order valence-electron chi connectivity index (χ1n) is 43.0. The highest BCUT2D eigenvalue weighted by molar-refractivity contribution is 9.10. The summed E-state index contributed by atoms with van der Waals surface area (Å²) in [6, 6.07) is 80.2. The lowest BCUT2D eigenvalue weighted by atomic mass is 9.97. The van der Waals surface area contributed by atoms with Gasteiger partial charge in [-0.1, -0.05) is 238 Å². The van der Waals surface area contributed by atoms with Gasteiger partial charge in [0.15, 0.2) is 0 Å². The molecule has 10 aromatic rings. The monoisotopic (exact) mass is 2140 g/mol. The van der Waals surface area contributed by atoms with Crippen molar-refractivity contribution in [1.29, 1.82) is 0 Å². The van der Waals surface area contributed by atoms with Gasteiger partial charge in [-0.05, 0) is 243 Å². The van der Waals surface area contributed by atoms with E-state index in [-0.39, 0.29) is 53.1 Å². The van der Waals surface area contributed by atoms with Crippen LogP contribution in [0.3, 0.4) is 0 Å². The van der Waals surface area contributed by atoms with Crippen LogP contribution in [0, 0.1) is 5.92 Å². The molecule has 0 bridgehead atoms. The number of phenols is 4. The first-order valence-corrected chi connectivity index (χ1v) is 60.1. The highest BCUT2D eigenvalue weighted by Gasteiger charge is 2.38. The van der Waals surface area contributed by atoms with Crippen molar-refractivity contribution in [3.05, 3.63) is 313 Å². The largest absolute Gasteiger partial charge is 0.508 e. The summed E-state index contributed by atoms with van der Waals surface area (Å²) in [5.74, 6) is -1.83. The number of ether oxygens (including phenoxy) is 5. The fourth-order valence-corrected chi connectivity index (χ4v) is 16.3. The van der Waals surface area contributed by atoms with Gasteiger partial charge in [-0.15, -0.1) is 0 Å². The molecule has 0 aliphatic carbocycles.